The maximum Gasteiger partial charge on any atom is 0.0312 e. The first-order valence-corrected chi connectivity index (χ1v) is 6.58. The zero-order chi connectivity index (χ0) is 12.1. The largest absolute Gasteiger partial charge is 0.317 e. The second-order valence-electron chi connectivity index (χ2n) is 5.05. The number of hydrogen-bond acceptors (Lipinski definition) is 3. The zero-order valence-electron chi connectivity index (χ0n) is 10.9. The van der Waals surface area contributed by atoms with Gasteiger partial charge < -0.3 is 5.32 Å². The van der Waals surface area contributed by atoms with E-state index in [1.165, 1.54) is 31.5 Å². The fourth-order valence-corrected chi connectivity index (χ4v) is 2.60. The summed E-state index contributed by atoms with van der Waals surface area (Å²) in [5.41, 5.74) is 1.33. The third kappa shape index (κ3) is 3.51. The summed E-state index contributed by atoms with van der Waals surface area (Å²) in [6.07, 6.45) is 6.43. The van der Waals surface area contributed by atoms with Crippen molar-refractivity contribution in [1.29, 1.82) is 0 Å². The molecule has 0 radical (unpaired) electrons. The number of likely N-dealkylation sites (tertiary alicyclic amines) is 1. The molecule has 94 valence electrons. The molecule has 1 saturated heterocycles. The first-order valence-electron chi connectivity index (χ1n) is 6.58. The van der Waals surface area contributed by atoms with E-state index in [9.17, 15) is 0 Å². The van der Waals surface area contributed by atoms with Gasteiger partial charge in [0.25, 0.3) is 0 Å². The van der Waals surface area contributed by atoms with Gasteiger partial charge in [-0.25, -0.2) is 0 Å². The molecule has 1 atom stereocenters. The minimum Gasteiger partial charge on any atom is -0.317 e. The van der Waals surface area contributed by atoms with E-state index in [-0.39, 0.29) is 0 Å². The molecule has 2 heterocycles. The highest BCUT2D eigenvalue weighted by atomic mass is 15.1. The van der Waals surface area contributed by atoms with Crippen LogP contribution in [-0.2, 0) is 6.54 Å². The third-order valence-corrected chi connectivity index (χ3v) is 3.92. The Bertz CT molecular complexity index is 317. The summed E-state index contributed by atoms with van der Waals surface area (Å²) in [4.78, 5) is 6.71. The SMILES string of the molecule is CNC(C)C1CCN(Cc2cccnc2)CC1. The number of rotatable bonds is 4. The molecule has 1 fully saturated rings. The van der Waals surface area contributed by atoms with Crippen LogP contribution < -0.4 is 5.32 Å². The van der Waals surface area contributed by atoms with Crippen molar-refractivity contribution in [1.82, 2.24) is 15.2 Å². The Kier molecular flexibility index (Phi) is 4.51. The highest BCUT2D eigenvalue weighted by Gasteiger charge is 2.22. The molecular weight excluding hydrogens is 210 g/mol. The summed E-state index contributed by atoms with van der Waals surface area (Å²) in [7, 11) is 2.06. The van der Waals surface area contributed by atoms with Gasteiger partial charge in [0.15, 0.2) is 0 Å². The Balaban J connectivity index is 1.80. The molecule has 0 saturated carbocycles. The lowest BCUT2D eigenvalue weighted by molar-refractivity contribution is 0.158. The Morgan fingerprint density at radius 3 is 2.82 bits per heavy atom. The molecule has 1 aliphatic heterocycles. The maximum atomic E-state index is 4.17. The van der Waals surface area contributed by atoms with E-state index in [4.69, 9.17) is 0 Å². The second-order valence-corrected chi connectivity index (χ2v) is 5.05. The fraction of sp³-hybridized carbons (Fsp3) is 0.643. The van der Waals surface area contributed by atoms with Gasteiger partial charge in [-0.05, 0) is 57.5 Å². The van der Waals surface area contributed by atoms with E-state index in [2.05, 4.69) is 35.2 Å². The smallest absolute Gasteiger partial charge is 0.0312 e. The van der Waals surface area contributed by atoms with Crippen LogP contribution in [0.15, 0.2) is 24.5 Å². The molecule has 1 unspecified atom stereocenters. The van der Waals surface area contributed by atoms with Crippen LogP contribution in [0.1, 0.15) is 25.3 Å². The Morgan fingerprint density at radius 1 is 1.47 bits per heavy atom. The van der Waals surface area contributed by atoms with E-state index in [1.807, 2.05) is 18.5 Å². The Hall–Kier alpha value is -0.930. The van der Waals surface area contributed by atoms with Crippen molar-refractivity contribution < 1.29 is 0 Å². The molecule has 17 heavy (non-hydrogen) atoms. The molecular formula is C14H23N3. The van der Waals surface area contributed by atoms with Crippen LogP contribution in [0.25, 0.3) is 0 Å². The van der Waals surface area contributed by atoms with Gasteiger partial charge in [-0.2, -0.15) is 0 Å². The van der Waals surface area contributed by atoms with Crippen molar-refractivity contribution in [2.24, 2.45) is 5.92 Å². The Morgan fingerprint density at radius 2 is 2.24 bits per heavy atom. The number of hydrogen-bond donors (Lipinski definition) is 1. The van der Waals surface area contributed by atoms with E-state index in [0.717, 1.165) is 12.5 Å². The molecule has 1 aromatic heterocycles. The van der Waals surface area contributed by atoms with Gasteiger partial charge in [-0.15, -0.1) is 0 Å². The van der Waals surface area contributed by atoms with Gasteiger partial charge in [0.2, 0.25) is 0 Å². The predicted molar refractivity (Wildman–Crippen MR) is 70.8 cm³/mol. The van der Waals surface area contributed by atoms with Gasteiger partial charge in [0.1, 0.15) is 0 Å². The standard InChI is InChI=1S/C14H23N3/c1-12(15-2)14-5-8-17(9-6-14)11-13-4-3-7-16-10-13/h3-4,7,10,12,14-15H,5-6,8-9,11H2,1-2H3. The number of nitrogens with one attached hydrogen (secondary N) is 1. The van der Waals surface area contributed by atoms with Crippen molar-refractivity contribution in [3.8, 4) is 0 Å². The summed E-state index contributed by atoms with van der Waals surface area (Å²) >= 11 is 0. The summed E-state index contributed by atoms with van der Waals surface area (Å²) in [5.74, 6) is 0.838. The molecule has 3 heteroatoms. The van der Waals surface area contributed by atoms with Crippen LogP contribution in [0.5, 0.6) is 0 Å². The van der Waals surface area contributed by atoms with E-state index >= 15 is 0 Å². The molecule has 1 aromatic rings. The van der Waals surface area contributed by atoms with Gasteiger partial charge in [0, 0.05) is 25.0 Å². The summed E-state index contributed by atoms with van der Waals surface area (Å²) in [6, 6.07) is 4.83. The first kappa shape index (κ1) is 12.5. The van der Waals surface area contributed by atoms with Gasteiger partial charge >= 0.3 is 0 Å². The number of piperidine rings is 1. The lowest BCUT2D eigenvalue weighted by atomic mass is 9.90. The monoisotopic (exact) mass is 233 g/mol. The van der Waals surface area contributed by atoms with Gasteiger partial charge in [-0.1, -0.05) is 6.07 Å². The summed E-state index contributed by atoms with van der Waals surface area (Å²) in [6.45, 7) is 5.77. The molecule has 1 aliphatic rings. The average Bonchev–Trinajstić information content (AvgIpc) is 2.40. The molecule has 0 spiro atoms. The normalized spacial score (nSPS) is 20.4. The van der Waals surface area contributed by atoms with Crippen LogP contribution in [-0.4, -0.2) is 36.1 Å². The van der Waals surface area contributed by atoms with Crippen LogP contribution in [0.3, 0.4) is 0 Å². The van der Waals surface area contributed by atoms with Gasteiger partial charge in [0.05, 0.1) is 0 Å². The average molecular weight is 233 g/mol. The molecule has 0 bridgehead atoms. The molecule has 0 aliphatic carbocycles. The van der Waals surface area contributed by atoms with Crippen LogP contribution in [0, 0.1) is 5.92 Å². The number of pyridine rings is 1. The van der Waals surface area contributed by atoms with Crippen molar-refractivity contribution in [3.05, 3.63) is 30.1 Å². The van der Waals surface area contributed by atoms with Gasteiger partial charge in [-0.3, -0.25) is 9.88 Å². The van der Waals surface area contributed by atoms with E-state index < -0.39 is 0 Å². The molecule has 0 aromatic carbocycles. The van der Waals surface area contributed by atoms with E-state index in [0.29, 0.717) is 6.04 Å². The highest BCUT2D eigenvalue weighted by Crippen LogP contribution is 2.21. The minimum atomic E-state index is 0.649. The van der Waals surface area contributed by atoms with Crippen LogP contribution >= 0.6 is 0 Å². The zero-order valence-corrected chi connectivity index (χ0v) is 10.9. The Labute approximate surface area is 104 Å². The topological polar surface area (TPSA) is 28.2 Å². The fourth-order valence-electron chi connectivity index (χ4n) is 2.60. The van der Waals surface area contributed by atoms with Crippen LogP contribution in [0.4, 0.5) is 0 Å². The lowest BCUT2D eigenvalue weighted by Gasteiger charge is -2.34. The van der Waals surface area contributed by atoms with Crippen molar-refractivity contribution in [2.75, 3.05) is 20.1 Å². The van der Waals surface area contributed by atoms with Crippen molar-refractivity contribution in [2.45, 2.75) is 32.4 Å². The quantitative estimate of drug-likeness (QED) is 0.861. The molecule has 1 N–H and O–H groups in total. The van der Waals surface area contributed by atoms with E-state index in [1.54, 1.807) is 0 Å². The van der Waals surface area contributed by atoms with Crippen LogP contribution in [0.2, 0.25) is 0 Å². The molecule has 0 amide bonds. The number of aromatic nitrogens is 1. The predicted octanol–water partition coefficient (Wildman–Crippen LogP) is 1.90. The molecule has 2 rings (SSSR count). The summed E-state index contributed by atoms with van der Waals surface area (Å²) in [5, 5.41) is 3.37. The number of nitrogens with zero attached hydrogens (tertiary/aromatic N) is 2. The lowest BCUT2D eigenvalue weighted by Crippen LogP contribution is -2.40. The summed E-state index contributed by atoms with van der Waals surface area (Å²) < 4.78 is 0. The van der Waals surface area contributed by atoms with Crippen molar-refractivity contribution in [3.63, 3.8) is 0 Å². The minimum absolute atomic E-state index is 0.649. The van der Waals surface area contributed by atoms with Crippen molar-refractivity contribution >= 4 is 0 Å². The second kappa shape index (κ2) is 6.12. The third-order valence-electron chi connectivity index (χ3n) is 3.92. The first-order chi connectivity index (χ1) is 8.29. The highest BCUT2D eigenvalue weighted by molar-refractivity contribution is 5.08. The maximum absolute atomic E-state index is 4.17. The molecule has 3 nitrogen and oxygen atoms in total.